The fraction of sp³-hybridized carbons (Fsp3) is 0.263. The number of halogens is 1. The molecule has 25 heavy (non-hydrogen) atoms. The van der Waals surface area contributed by atoms with E-state index in [1.165, 1.54) is 12.1 Å². The summed E-state index contributed by atoms with van der Waals surface area (Å²) in [7, 11) is 1.63. The second-order valence-electron chi connectivity index (χ2n) is 5.60. The summed E-state index contributed by atoms with van der Waals surface area (Å²) in [5, 5.41) is 7.30. The largest absolute Gasteiger partial charge is 0.497 e. The van der Waals surface area contributed by atoms with E-state index in [-0.39, 0.29) is 11.9 Å². The molecule has 2 aromatic carbocycles. The Morgan fingerprint density at radius 1 is 1.08 bits per heavy atom. The highest BCUT2D eigenvalue weighted by molar-refractivity contribution is 5.35. The smallest absolute Gasteiger partial charge is 0.240 e. The minimum absolute atomic E-state index is 0.136. The average Bonchev–Trinajstić information content (AvgIpc) is 3.12. The number of rotatable bonds is 7. The molecule has 0 bridgehead atoms. The molecule has 0 spiro atoms. The molecule has 0 radical (unpaired) electrons. The Labute approximate surface area is 145 Å². The third-order valence-electron chi connectivity index (χ3n) is 3.94. The first-order chi connectivity index (χ1) is 12.2. The molecule has 0 amide bonds. The third kappa shape index (κ3) is 4.22. The van der Waals surface area contributed by atoms with Gasteiger partial charge >= 0.3 is 0 Å². The first-order valence-corrected chi connectivity index (χ1v) is 8.14. The van der Waals surface area contributed by atoms with E-state index in [4.69, 9.17) is 9.26 Å². The predicted molar refractivity (Wildman–Crippen MR) is 91.8 cm³/mol. The third-order valence-corrected chi connectivity index (χ3v) is 3.94. The van der Waals surface area contributed by atoms with E-state index in [0.717, 1.165) is 23.3 Å². The van der Waals surface area contributed by atoms with E-state index in [2.05, 4.69) is 15.5 Å². The Kier molecular flexibility index (Phi) is 5.40. The van der Waals surface area contributed by atoms with E-state index in [9.17, 15) is 4.39 Å². The second kappa shape index (κ2) is 7.90. The van der Waals surface area contributed by atoms with Crippen LogP contribution in [0.2, 0.25) is 0 Å². The van der Waals surface area contributed by atoms with E-state index in [1.807, 2.05) is 31.2 Å². The zero-order valence-corrected chi connectivity index (χ0v) is 14.2. The molecule has 1 aromatic heterocycles. The summed E-state index contributed by atoms with van der Waals surface area (Å²) in [6, 6.07) is 14.1. The highest BCUT2D eigenvalue weighted by Crippen LogP contribution is 2.25. The van der Waals surface area contributed by atoms with Crippen LogP contribution in [-0.2, 0) is 13.0 Å². The molecule has 3 aromatic rings. The minimum atomic E-state index is -0.262. The summed E-state index contributed by atoms with van der Waals surface area (Å²) in [4.78, 5) is 4.31. The van der Waals surface area contributed by atoms with Gasteiger partial charge in [-0.25, -0.2) is 4.39 Å². The van der Waals surface area contributed by atoms with E-state index >= 15 is 0 Å². The van der Waals surface area contributed by atoms with Gasteiger partial charge < -0.3 is 9.26 Å². The summed E-state index contributed by atoms with van der Waals surface area (Å²) in [5.41, 5.74) is 1.98. The molecule has 5 nitrogen and oxygen atoms in total. The van der Waals surface area contributed by atoms with Gasteiger partial charge in [0.1, 0.15) is 11.6 Å². The molecule has 0 saturated heterocycles. The zero-order chi connectivity index (χ0) is 17.6. The topological polar surface area (TPSA) is 60.2 Å². The molecule has 1 heterocycles. The van der Waals surface area contributed by atoms with Crippen LogP contribution in [0.25, 0.3) is 0 Å². The number of methoxy groups -OCH3 is 1. The van der Waals surface area contributed by atoms with Crippen LogP contribution in [0.3, 0.4) is 0 Å². The minimum Gasteiger partial charge on any atom is -0.497 e. The van der Waals surface area contributed by atoms with Crippen molar-refractivity contribution in [1.82, 2.24) is 15.5 Å². The number of nitrogens with zero attached hydrogens (tertiary/aromatic N) is 2. The van der Waals surface area contributed by atoms with Crippen LogP contribution >= 0.6 is 0 Å². The molecule has 0 aliphatic carbocycles. The van der Waals surface area contributed by atoms with Gasteiger partial charge in [0.05, 0.1) is 19.7 Å². The lowest BCUT2D eigenvalue weighted by atomic mass is 9.98. The van der Waals surface area contributed by atoms with Gasteiger partial charge in [0.15, 0.2) is 5.82 Å². The first kappa shape index (κ1) is 17.1. The van der Waals surface area contributed by atoms with Gasteiger partial charge in [-0.2, -0.15) is 4.98 Å². The maximum absolute atomic E-state index is 13.3. The van der Waals surface area contributed by atoms with Gasteiger partial charge in [-0.05, 0) is 35.4 Å². The first-order valence-electron chi connectivity index (χ1n) is 8.14. The maximum atomic E-state index is 13.3. The summed E-state index contributed by atoms with van der Waals surface area (Å²) in [6.07, 6.45) is 0.726. The number of ether oxygens (including phenoxy) is 1. The van der Waals surface area contributed by atoms with Crippen LogP contribution in [0.5, 0.6) is 5.75 Å². The lowest BCUT2D eigenvalue weighted by Crippen LogP contribution is -2.22. The fourth-order valence-corrected chi connectivity index (χ4v) is 2.57. The Morgan fingerprint density at radius 2 is 1.72 bits per heavy atom. The molecule has 6 heteroatoms. The van der Waals surface area contributed by atoms with Crippen LogP contribution < -0.4 is 10.1 Å². The molecule has 0 fully saturated rings. The Hall–Kier alpha value is -2.73. The van der Waals surface area contributed by atoms with Gasteiger partial charge in [0, 0.05) is 6.42 Å². The van der Waals surface area contributed by atoms with E-state index in [1.54, 1.807) is 19.2 Å². The van der Waals surface area contributed by atoms with Crippen LogP contribution in [0.1, 0.15) is 35.8 Å². The molecule has 130 valence electrons. The Balaban J connectivity index is 1.83. The predicted octanol–water partition coefficient (Wildman–Crippen LogP) is 3.66. The SMILES string of the molecule is CCc1noc(CN[C@@H](c2ccc(F)cc2)c2ccc(OC)cc2)n1. The van der Waals surface area contributed by atoms with Gasteiger partial charge in [-0.3, -0.25) is 5.32 Å². The number of hydrogen-bond acceptors (Lipinski definition) is 5. The highest BCUT2D eigenvalue weighted by Gasteiger charge is 2.16. The van der Waals surface area contributed by atoms with Crippen molar-refractivity contribution in [2.75, 3.05) is 7.11 Å². The monoisotopic (exact) mass is 341 g/mol. The van der Waals surface area contributed by atoms with Crippen molar-refractivity contribution in [3.63, 3.8) is 0 Å². The van der Waals surface area contributed by atoms with Gasteiger partial charge in [-0.15, -0.1) is 0 Å². The molecule has 0 aliphatic rings. The second-order valence-corrected chi connectivity index (χ2v) is 5.60. The number of benzene rings is 2. The lowest BCUT2D eigenvalue weighted by molar-refractivity contribution is 0.358. The average molecular weight is 341 g/mol. The van der Waals surface area contributed by atoms with Gasteiger partial charge in [-0.1, -0.05) is 36.3 Å². The molecular formula is C19H20FN3O2. The fourth-order valence-electron chi connectivity index (χ4n) is 2.57. The number of aromatic nitrogens is 2. The van der Waals surface area contributed by atoms with Crippen molar-refractivity contribution >= 4 is 0 Å². The van der Waals surface area contributed by atoms with Gasteiger partial charge in [0.25, 0.3) is 0 Å². The molecule has 0 saturated carbocycles. The highest BCUT2D eigenvalue weighted by atomic mass is 19.1. The molecule has 1 atom stereocenters. The summed E-state index contributed by atoms with van der Waals surface area (Å²) >= 11 is 0. The van der Waals surface area contributed by atoms with Crippen molar-refractivity contribution < 1.29 is 13.7 Å². The number of aryl methyl sites for hydroxylation is 1. The van der Waals surface area contributed by atoms with Gasteiger partial charge in [0.2, 0.25) is 5.89 Å². The summed E-state index contributed by atoms with van der Waals surface area (Å²) in [5.74, 6) is 1.73. The molecule has 0 aliphatic heterocycles. The molecular weight excluding hydrogens is 321 g/mol. The van der Waals surface area contributed by atoms with Crippen molar-refractivity contribution in [3.8, 4) is 5.75 Å². The molecule has 0 unspecified atom stereocenters. The van der Waals surface area contributed by atoms with Crippen LogP contribution in [0.15, 0.2) is 53.1 Å². The van der Waals surface area contributed by atoms with Crippen molar-refractivity contribution in [1.29, 1.82) is 0 Å². The quantitative estimate of drug-likeness (QED) is 0.711. The Morgan fingerprint density at radius 3 is 2.28 bits per heavy atom. The molecule has 1 N–H and O–H groups in total. The van der Waals surface area contributed by atoms with Crippen molar-refractivity contribution in [3.05, 3.63) is 77.2 Å². The zero-order valence-electron chi connectivity index (χ0n) is 14.2. The maximum Gasteiger partial charge on any atom is 0.240 e. The van der Waals surface area contributed by atoms with Crippen molar-refractivity contribution in [2.24, 2.45) is 0 Å². The van der Waals surface area contributed by atoms with Crippen LogP contribution in [0, 0.1) is 5.82 Å². The normalized spacial score (nSPS) is 12.1. The summed E-state index contributed by atoms with van der Waals surface area (Å²) < 4.78 is 23.7. The Bertz CT molecular complexity index is 800. The van der Waals surface area contributed by atoms with Crippen molar-refractivity contribution in [2.45, 2.75) is 25.9 Å². The number of hydrogen-bond donors (Lipinski definition) is 1. The standard InChI is InChI=1S/C19H20FN3O2/c1-3-17-22-18(25-23-17)12-21-19(13-4-8-15(20)9-5-13)14-6-10-16(24-2)11-7-14/h4-11,19,21H,3,12H2,1-2H3/t19-/m0/s1. The van der Waals surface area contributed by atoms with E-state index in [0.29, 0.717) is 18.3 Å². The van der Waals surface area contributed by atoms with Crippen LogP contribution in [0.4, 0.5) is 4.39 Å². The number of nitrogens with one attached hydrogen (secondary N) is 1. The molecule has 3 rings (SSSR count). The van der Waals surface area contributed by atoms with E-state index < -0.39 is 0 Å². The van der Waals surface area contributed by atoms with Crippen LogP contribution in [-0.4, -0.2) is 17.3 Å². The summed E-state index contributed by atoms with van der Waals surface area (Å²) in [6.45, 7) is 2.39. The lowest BCUT2D eigenvalue weighted by Gasteiger charge is -2.19.